The second-order valence-corrected chi connectivity index (χ2v) is 3.78. The molecule has 86 valence electrons. The Morgan fingerprint density at radius 1 is 1.29 bits per heavy atom. The van der Waals surface area contributed by atoms with Crippen molar-refractivity contribution in [2.24, 2.45) is 5.73 Å². The van der Waals surface area contributed by atoms with Gasteiger partial charge in [-0.15, -0.1) is 0 Å². The Labute approximate surface area is 88.2 Å². The Balaban J connectivity index is 3.52. The average Bonchev–Trinajstić information content (AvgIpc) is 2.16. The third kappa shape index (κ3) is 7.26. The highest BCUT2D eigenvalue weighted by molar-refractivity contribution is 4.66. The Hall–Kier alpha value is -0.160. The first kappa shape index (κ1) is 13.8. The van der Waals surface area contributed by atoms with Crippen molar-refractivity contribution in [3.8, 4) is 0 Å². The van der Waals surface area contributed by atoms with Gasteiger partial charge in [-0.1, -0.05) is 6.92 Å². The van der Waals surface area contributed by atoms with Crippen molar-refractivity contribution in [3.63, 3.8) is 0 Å². The van der Waals surface area contributed by atoms with E-state index in [-0.39, 0.29) is 0 Å². The van der Waals surface area contributed by atoms with Crippen LogP contribution < -0.4 is 16.4 Å². The fraction of sp³-hybridized carbons (Fsp3) is 1.00. The fourth-order valence-corrected chi connectivity index (χ4v) is 1.21. The van der Waals surface area contributed by atoms with E-state index >= 15 is 0 Å². The summed E-state index contributed by atoms with van der Waals surface area (Å²) in [4.78, 5) is 2.20. The zero-order valence-electron chi connectivity index (χ0n) is 9.84. The van der Waals surface area contributed by atoms with Crippen molar-refractivity contribution < 1.29 is 0 Å². The summed E-state index contributed by atoms with van der Waals surface area (Å²) < 4.78 is 0. The van der Waals surface area contributed by atoms with Gasteiger partial charge in [0, 0.05) is 6.54 Å². The van der Waals surface area contributed by atoms with E-state index in [4.69, 9.17) is 5.73 Å². The molecular formula is C10H26N4. The van der Waals surface area contributed by atoms with Crippen molar-refractivity contribution >= 4 is 0 Å². The Bertz CT molecular complexity index is 117. The summed E-state index contributed by atoms with van der Waals surface area (Å²) >= 11 is 0. The molecule has 0 heterocycles. The molecule has 0 rings (SSSR count). The maximum absolute atomic E-state index is 5.42. The minimum Gasteiger partial charge on any atom is -0.330 e. The molecule has 1 atom stereocenters. The van der Waals surface area contributed by atoms with Gasteiger partial charge in [0.2, 0.25) is 0 Å². The summed E-state index contributed by atoms with van der Waals surface area (Å²) in [6.07, 6.45) is 2.65. The van der Waals surface area contributed by atoms with Crippen LogP contribution in [0.15, 0.2) is 0 Å². The van der Waals surface area contributed by atoms with E-state index in [9.17, 15) is 0 Å². The second kappa shape index (κ2) is 9.40. The van der Waals surface area contributed by atoms with Crippen LogP contribution in [0.5, 0.6) is 0 Å². The van der Waals surface area contributed by atoms with E-state index in [2.05, 4.69) is 36.6 Å². The lowest BCUT2D eigenvalue weighted by Gasteiger charge is -2.25. The first-order chi connectivity index (χ1) is 6.72. The van der Waals surface area contributed by atoms with Gasteiger partial charge >= 0.3 is 0 Å². The second-order valence-electron chi connectivity index (χ2n) is 3.78. The number of nitrogens with two attached hydrogens (primary N) is 1. The Kier molecular flexibility index (Phi) is 9.29. The van der Waals surface area contributed by atoms with Gasteiger partial charge in [0.05, 0.1) is 6.17 Å². The maximum atomic E-state index is 5.42. The highest BCUT2D eigenvalue weighted by atomic mass is 15.2. The van der Waals surface area contributed by atoms with Crippen molar-refractivity contribution in [2.75, 3.05) is 40.3 Å². The van der Waals surface area contributed by atoms with Gasteiger partial charge in [-0.25, -0.2) is 0 Å². The van der Waals surface area contributed by atoms with Crippen LogP contribution in [0.2, 0.25) is 0 Å². The maximum Gasteiger partial charge on any atom is 0.0720 e. The van der Waals surface area contributed by atoms with E-state index < -0.39 is 0 Å². The zero-order valence-corrected chi connectivity index (χ0v) is 9.84. The molecule has 0 saturated carbocycles. The van der Waals surface area contributed by atoms with Crippen molar-refractivity contribution in [2.45, 2.75) is 25.9 Å². The summed E-state index contributed by atoms with van der Waals surface area (Å²) in [5.41, 5.74) is 5.42. The van der Waals surface area contributed by atoms with Gasteiger partial charge in [0.1, 0.15) is 0 Å². The number of hydrogen-bond donors (Lipinski definition) is 3. The van der Waals surface area contributed by atoms with Crippen LogP contribution in [-0.2, 0) is 0 Å². The molecule has 0 fully saturated rings. The molecule has 0 spiro atoms. The first-order valence-electron chi connectivity index (χ1n) is 5.53. The van der Waals surface area contributed by atoms with Crippen LogP contribution in [0.3, 0.4) is 0 Å². The molecule has 0 amide bonds. The lowest BCUT2D eigenvalue weighted by molar-refractivity contribution is 0.239. The quantitative estimate of drug-likeness (QED) is 0.358. The molecule has 0 aromatic heterocycles. The number of nitrogens with one attached hydrogen (secondary N) is 2. The van der Waals surface area contributed by atoms with Crippen LogP contribution in [-0.4, -0.2) is 51.3 Å². The van der Waals surface area contributed by atoms with Gasteiger partial charge < -0.3 is 16.4 Å². The monoisotopic (exact) mass is 202 g/mol. The van der Waals surface area contributed by atoms with Crippen LogP contribution in [0.25, 0.3) is 0 Å². The number of likely N-dealkylation sites (N-methyl/N-ethyl adjacent to an activating group) is 1. The average molecular weight is 202 g/mol. The molecule has 4 nitrogen and oxygen atoms in total. The minimum atomic E-state index is 0.424. The molecule has 14 heavy (non-hydrogen) atoms. The fourth-order valence-electron chi connectivity index (χ4n) is 1.21. The van der Waals surface area contributed by atoms with Gasteiger partial charge in [-0.2, -0.15) is 0 Å². The lowest BCUT2D eigenvalue weighted by atomic mass is 10.3. The van der Waals surface area contributed by atoms with Gasteiger partial charge in [-0.3, -0.25) is 4.90 Å². The predicted molar refractivity (Wildman–Crippen MR) is 62.3 cm³/mol. The van der Waals surface area contributed by atoms with Crippen LogP contribution in [0, 0.1) is 0 Å². The van der Waals surface area contributed by atoms with Gasteiger partial charge in [0.15, 0.2) is 0 Å². The van der Waals surface area contributed by atoms with Crippen LogP contribution >= 0.6 is 0 Å². The van der Waals surface area contributed by atoms with Crippen molar-refractivity contribution in [1.82, 2.24) is 15.5 Å². The summed E-state index contributed by atoms with van der Waals surface area (Å²) in [6.45, 7) is 6.01. The Morgan fingerprint density at radius 3 is 2.50 bits per heavy atom. The first-order valence-corrected chi connectivity index (χ1v) is 5.53. The van der Waals surface area contributed by atoms with Crippen LogP contribution in [0.1, 0.15) is 19.8 Å². The smallest absolute Gasteiger partial charge is 0.0720 e. The van der Waals surface area contributed by atoms with E-state index in [0.29, 0.717) is 6.17 Å². The number of rotatable bonds is 9. The van der Waals surface area contributed by atoms with E-state index in [1.54, 1.807) is 0 Å². The third-order valence-corrected chi connectivity index (χ3v) is 2.15. The molecule has 0 saturated heterocycles. The lowest BCUT2D eigenvalue weighted by Crippen LogP contribution is -2.48. The molecule has 4 heteroatoms. The Morgan fingerprint density at radius 2 is 2.00 bits per heavy atom. The molecule has 0 aliphatic rings. The normalized spacial score (nSPS) is 13.5. The number of nitrogens with zero attached hydrogens (tertiary/aromatic N) is 1. The highest BCUT2D eigenvalue weighted by Gasteiger charge is 2.08. The topological polar surface area (TPSA) is 53.3 Å². The highest BCUT2D eigenvalue weighted by Crippen LogP contribution is 1.87. The standard InChI is InChI=1S/C10H26N4/c1-4-7-13-10(14(2)3)9-12-8-5-6-11/h10,12-13H,4-9,11H2,1-3H3. The summed E-state index contributed by atoms with van der Waals surface area (Å²) in [5, 5.41) is 6.87. The molecule has 1 unspecified atom stereocenters. The molecule has 0 aromatic carbocycles. The van der Waals surface area contributed by atoms with E-state index in [0.717, 1.165) is 32.6 Å². The van der Waals surface area contributed by atoms with Crippen molar-refractivity contribution in [3.05, 3.63) is 0 Å². The molecule has 0 bridgehead atoms. The van der Waals surface area contributed by atoms with Crippen LogP contribution in [0.4, 0.5) is 0 Å². The predicted octanol–water partition coefficient (Wildman–Crippen LogP) is -0.188. The SMILES string of the molecule is CCCNC(CNCCCN)N(C)C. The summed E-state index contributed by atoms with van der Waals surface area (Å²) in [7, 11) is 4.19. The summed E-state index contributed by atoms with van der Waals surface area (Å²) in [5.74, 6) is 0. The molecule has 4 N–H and O–H groups in total. The molecule has 0 aliphatic heterocycles. The number of hydrogen-bond acceptors (Lipinski definition) is 4. The zero-order chi connectivity index (χ0) is 10.8. The third-order valence-electron chi connectivity index (χ3n) is 2.15. The molecular weight excluding hydrogens is 176 g/mol. The molecule has 0 radical (unpaired) electrons. The van der Waals surface area contributed by atoms with Crippen molar-refractivity contribution in [1.29, 1.82) is 0 Å². The molecule has 0 aromatic rings. The summed E-state index contributed by atoms with van der Waals surface area (Å²) in [6, 6.07) is 0. The van der Waals surface area contributed by atoms with E-state index in [1.807, 2.05) is 0 Å². The van der Waals surface area contributed by atoms with Gasteiger partial charge in [0.25, 0.3) is 0 Å². The largest absolute Gasteiger partial charge is 0.330 e. The molecule has 0 aliphatic carbocycles. The van der Waals surface area contributed by atoms with Gasteiger partial charge in [-0.05, 0) is 46.6 Å². The van der Waals surface area contributed by atoms with E-state index in [1.165, 1.54) is 6.42 Å². The minimum absolute atomic E-state index is 0.424.